The van der Waals surface area contributed by atoms with E-state index in [0.29, 0.717) is 19.3 Å². The van der Waals surface area contributed by atoms with Gasteiger partial charge in [-0.25, -0.2) is 0 Å². The molecule has 2 heterocycles. The Labute approximate surface area is 457 Å². The summed E-state index contributed by atoms with van der Waals surface area (Å²) in [5.74, 6) is -1.02. The molecule has 0 aromatic heterocycles. The van der Waals surface area contributed by atoms with Crippen LogP contribution in [0.4, 0.5) is 0 Å². The number of hydrogen-bond donors (Lipinski definition) is 7. The van der Waals surface area contributed by atoms with E-state index in [1.165, 1.54) is 109 Å². The van der Waals surface area contributed by atoms with Crippen molar-refractivity contribution in [3.8, 4) is 0 Å². The number of carbonyl (C=O) groups is 2. The van der Waals surface area contributed by atoms with Crippen LogP contribution in [0.1, 0.15) is 206 Å². The Bertz CT molecular complexity index is 1590. The molecule has 0 bridgehead atoms. The molecule has 0 aromatic rings. The van der Waals surface area contributed by atoms with Crippen LogP contribution in [0.3, 0.4) is 0 Å². The zero-order valence-electron chi connectivity index (χ0n) is 46.7. The van der Waals surface area contributed by atoms with Crippen molar-refractivity contribution in [3.63, 3.8) is 0 Å². The highest BCUT2D eigenvalue weighted by atomic mass is 16.7. The molecule has 2 fully saturated rings. The van der Waals surface area contributed by atoms with Crippen molar-refractivity contribution in [2.45, 2.75) is 274 Å². The fourth-order valence-corrected chi connectivity index (χ4v) is 8.95. The Morgan fingerprint density at radius 2 is 0.829 bits per heavy atom. The Balaban J connectivity index is 1.77. The fourth-order valence-electron chi connectivity index (χ4n) is 8.95. The van der Waals surface area contributed by atoms with E-state index < -0.39 is 99.3 Å². The SMILES string of the molecule is CC/C=C\C/C=C\C/C=C\C/C=C\C/C=C\C/C=C\CCC(=O)OC(COC(=O)CCCCCCCCCCCCCCCCCCCCCCC)COC1OC(COC2OC(CO)C(O)C(O)C2O)C(O)C(O)C1O. The normalized spacial score (nSPS) is 24.9. The van der Waals surface area contributed by atoms with E-state index in [2.05, 4.69) is 74.6 Å². The largest absolute Gasteiger partial charge is 0.462 e. The quantitative estimate of drug-likeness (QED) is 0.0171. The van der Waals surface area contributed by atoms with Gasteiger partial charge in [-0.3, -0.25) is 9.59 Å². The second kappa shape index (κ2) is 46.8. The predicted octanol–water partition coefficient (Wildman–Crippen LogP) is 10.2. The van der Waals surface area contributed by atoms with E-state index in [1.54, 1.807) is 0 Å². The lowest BCUT2D eigenvalue weighted by Gasteiger charge is -2.42. The van der Waals surface area contributed by atoms with Crippen molar-refractivity contribution < 1.29 is 73.8 Å². The number of allylic oxidation sites excluding steroid dienone is 12. The molecule has 76 heavy (non-hydrogen) atoms. The second-order valence-electron chi connectivity index (χ2n) is 20.4. The molecule has 15 nitrogen and oxygen atoms in total. The molecule has 2 aliphatic rings. The molecule has 0 radical (unpaired) electrons. The molecule has 15 heteroatoms. The first-order valence-corrected chi connectivity index (χ1v) is 29.5. The number of unbranched alkanes of at least 4 members (excludes halogenated alkanes) is 20. The maximum Gasteiger partial charge on any atom is 0.306 e. The number of ether oxygens (including phenoxy) is 6. The maximum absolute atomic E-state index is 13.0. The van der Waals surface area contributed by atoms with Gasteiger partial charge in [0.2, 0.25) is 0 Å². The van der Waals surface area contributed by atoms with Crippen LogP contribution in [-0.4, -0.2) is 142 Å². The van der Waals surface area contributed by atoms with Gasteiger partial charge in [0.25, 0.3) is 0 Å². The Morgan fingerprint density at radius 1 is 0.434 bits per heavy atom. The monoisotopic (exact) mass is 1080 g/mol. The summed E-state index contributed by atoms with van der Waals surface area (Å²) in [5.41, 5.74) is 0. The van der Waals surface area contributed by atoms with E-state index in [1.807, 2.05) is 12.2 Å². The predicted molar refractivity (Wildman–Crippen MR) is 298 cm³/mol. The van der Waals surface area contributed by atoms with Crippen molar-refractivity contribution in [2.24, 2.45) is 0 Å². The first-order chi connectivity index (χ1) is 37.0. The summed E-state index contributed by atoms with van der Waals surface area (Å²) < 4.78 is 33.6. The zero-order valence-corrected chi connectivity index (χ0v) is 46.7. The third kappa shape index (κ3) is 33.4. The topological polar surface area (TPSA) is 231 Å². The van der Waals surface area contributed by atoms with Crippen LogP contribution in [-0.2, 0) is 38.0 Å². The van der Waals surface area contributed by atoms with Crippen LogP contribution in [0.2, 0.25) is 0 Å². The van der Waals surface area contributed by atoms with Crippen LogP contribution >= 0.6 is 0 Å². The second-order valence-corrected chi connectivity index (χ2v) is 20.4. The number of aliphatic hydroxyl groups excluding tert-OH is 7. The van der Waals surface area contributed by atoms with Crippen molar-refractivity contribution in [1.29, 1.82) is 0 Å². The van der Waals surface area contributed by atoms with Gasteiger partial charge < -0.3 is 64.2 Å². The number of esters is 2. The number of aliphatic hydroxyl groups is 7. The summed E-state index contributed by atoms with van der Waals surface area (Å²) in [4.78, 5) is 25.9. The molecular formula is C61H104O15. The van der Waals surface area contributed by atoms with Crippen LogP contribution in [0.5, 0.6) is 0 Å². The van der Waals surface area contributed by atoms with Crippen molar-refractivity contribution >= 4 is 11.9 Å². The van der Waals surface area contributed by atoms with E-state index in [0.717, 1.165) is 51.4 Å². The van der Waals surface area contributed by atoms with Crippen LogP contribution in [0.15, 0.2) is 72.9 Å². The van der Waals surface area contributed by atoms with Crippen LogP contribution in [0.25, 0.3) is 0 Å². The molecule has 0 spiro atoms. The van der Waals surface area contributed by atoms with Gasteiger partial charge in [0.15, 0.2) is 18.7 Å². The van der Waals surface area contributed by atoms with Crippen molar-refractivity contribution in [2.75, 3.05) is 26.4 Å². The molecule has 438 valence electrons. The van der Waals surface area contributed by atoms with E-state index in [9.17, 15) is 45.3 Å². The van der Waals surface area contributed by atoms with Gasteiger partial charge in [-0.05, 0) is 51.4 Å². The summed E-state index contributed by atoms with van der Waals surface area (Å²) in [6, 6.07) is 0. The first-order valence-electron chi connectivity index (χ1n) is 29.5. The van der Waals surface area contributed by atoms with E-state index in [-0.39, 0.29) is 19.4 Å². The minimum Gasteiger partial charge on any atom is -0.462 e. The molecule has 2 aliphatic heterocycles. The third-order valence-corrected chi connectivity index (χ3v) is 13.7. The van der Waals surface area contributed by atoms with Gasteiger partial charge in [0.1, 0.15) is 55.4 Å². The minimum absolute atomic E-state index is 0.0386. The summed E-state index contributed by atoms with van der Waals surface area (Å²) in [7, 11) is 0. The molecule has 0 aliphatic carbocycles. The summed E-state index contributed by atoms with van der Waals surface area (Å²) in [6.07, 6.45) is 40.8. The van der Waals surface area contributed by atoms with Gasteiger partial charge in [0.05, 0.1) is 19.8 Å². The van der Waals surface area contributed by atoms with E-state index in [4.69, 9.17) is 28.4 Å². The zero-order chi connectivity index (χ0) is 55.3. The lowest BCUT2D eigenvalue weighted by molar-refractivity contribution is -0.332. The minimum atomic E-state index is -1.78. The average Bonchev–Trinajstić information content (AvgIpc) is 3.41. The van der Waals surface area contributed by atoms with Gasteiger partial charge in [-0.15, -0.1) is 0 Å². The molecular weight excluding hydrogens is 973 g/mol. The summed E-state index contributed by atoms with van der Waals surface area (Å²) in [6.45, 7) is 2.43. The third-order valence-electron chi connectivity index (χ3n) is 13.7. The number of hydrogen-bond acceptors (Lipinski definition) is 15. The van der Waals surface area contributed by atoms with Crippen LogP contribution < -0.4 is 0 Å². The van der Waals surface area contributed by atoms with Crippen molar-refractivity contribution in [1.82, 2.24) is 0 Å². The van der Waals surface area contributed by atoms with Gasteiger partial charge >= 0.3 is 11.9 Å². The van der Waals surface area contributed by atoms with Gasteiger partial charge in [-0.2, -0.15) is 0 Å². The lowest BCUT2D eigenvalue weighted by atomic mass is 9.98. The van der Waals surface area contributed by atoms with Crippen LogP contribution in [0, 0.1) is 0 Å². The molecule has 0 aromatic carbocycles. The Morgan fingerprint density at radius 3 is 1.28 bits per heavy atom. The molecule has 11 unspecified atom stereocenters. The van der Waals surface area contributed by atoms with Crippen molar-refractivity contribution in [3.05, 3.63) is 72.9 Å². The molecule has 2 rings (SSSR count). The fraction of sp³-hybridized carbons (Fsp3) is 0.770. The van der Waals surface area contributed by atoms with E-state index >= 15 is 0 Å². The molecule has 0 amide bonds. The Hall–Kier alpha value is -3.06. The summed E-state index contributed by atoms with van der Waals surface area (Å²) >= 11 is 0. The average molecular weight is 1080 g/mol. The molecule has 0 saturated carbocycles. The van der Waals surface area contributed by atoms with Gasteiger partial charge in [-0.1, -0.05) is 215 Å². The standard InChI is InChI=1S/C61H104O15/c1-3-5-7-9-11-13-15-17-19-21-23-24-26-27-29-31-33-35-37-39-41-43-52(63)71-46-49(74-53(64)44-42-40-38-36-34-32-30-28-25-22-20-18-16-14-12-10-8-6-4-2)47-72-60-59(70)57(68)55(66)51(76-60)48-73-61-58(69)56(67)54(65)50(45-62)75-61/h6,8,12,14,18,20,25,28,32,34,38,40,49-51,54-62,65-70H,3-5,7,9-11,13,15-17,19,21-24,26-27,29-31,33,35-37,39,41-48H2,1-2H3/b8-6-,14-12-,20-18-,28-25-,34-32-,40-38-. The molecule has 11 atom stereocenters. The van der Waals surface area contributed by atoms with Gasteiger partial charge in [0, 0.05) is 12.8 Å². The number of rotatable bonds is 46. The highest BCUT2D eigenvalue weighted by Crippen LogP contribution is 2.27. The summed E-state index contributed by atoms with van der Waals surface area (Å²) in [5, 5.41) is 72.3. The first kappa shape index (κ1) is 69.0. The highest BCUT2D eigenvalue weighted by molar-refractivity contribution is 5.70. The highest BCUT2D eigenvalue weighted by Gasteiger charge is 2.47. The smallest absolute Gasteiger partial charge is 0.306 e. The Kier molecular flexibility index (Phi) is 42.5. The molecule has 2 saturated heterocycles. The molecule has 7 N–H and O–H groups in total. The number of carbonyl (C=O) groups excluding carboxylic acids is 2. The maximum atomic E-state index is 13.0. The lowest BCUT2D eigenvalue weighted by Crippen LogP contribution is -2.61.